The Hall–Kier alpha value is -1.15. The van der Waals surface area contributed by atoms with Crippen LogP contribution in [0.2, 0.25) is 0 Å². The third-order valence-corrected chi connectivity index (χ3v) is 4.25. The highest BCUT2D eigenvalue weighted by atomic mass is 16.5. The summed E-state index contributed by atoms with van der Waals surface area (Å²) in [6, 6.07) is 10.5. The summed E-state index contributed by atoms with van der Waals surface area (Å²) in [7, 11) is 0. The second-order valence-electron chi connectivity index (χ2n) is 5.19. The van der Waals surface area contributed by atoms with Crippen LogP contribution in [0, 0.1) is 11.8 Å². The molecule has 0 N–H and O–H groups in total. The Morgan fingerprint density at radius 2 is 1.94 bits per heavy atom. The Kier molecular flexibility index (Phi) is 2.98. The van der Waals surface area contributed by atoms with E-state index in [0.29, 0.717) is 12.0 Å². The maximum Gasteiger partial charge on any atom is 0.126 e. The van der Waals surface area contributed by atoms with Crippen molar-refractivity contribution in [1.82, 2.24) is 0 Å². The third kappa shape index (κ3) is 2.02. The number of hydrogen-bond acceptors (Lipinski definition) is 2. The number of aryl methyl sites for hydroxylation is 1. The average molecular weight is 230 g/mol. The lowest BCUT2D eigenvalue weighted by molar-refractivity contribution is -0.113. The van der Waals surface area contributed by atoms with Crippen molar-refractivity contribution in [3.63, 3.8) is 0 Å². The smallest absolute Gasteiger partial charge is 0.126 e. The lowest BCUT2D eigenvalue weighted by Crippen LogP contribution is -2.28. The van der Waals surface area contributed by atoms with Gasteiger partial charge in [0.2, 0.25) is 0 Å². The summed E-state index contributed by atoms with van der Waals surface area (Å²) >= 11 is 0. The van der Waals surface area contributed by atoms with Crippen LogP contribution < -0.4 is 0 Å². The van der Waals surface area contributed by atoms with Gasteiger partial charge in [-0.05, 0) is 37.2 Å². The quantitative estimate of drug-likeness (QED) is 0.743. The topological polar surface area (TPSA) is 26.3 Å². The summed E-state index contributed by atoms with van der Waals surface area (Å²) in [4.78, 5) is 11.1. The van der Waals surface area contributed by atoms with Crippen molar-refractivity contribution in [1.29, 1.82) is 0 Å². The van der Waals surface area contributed by atoms with Crippen LogP contribution in [0.4, 0.5) is 0 Å². The van der Waals surface area contributed by atoms with Crippen LogP contribution in [0.5, 0.6) is 0 Å². The highest BCUT2D eigenvalue weighted by molar-refractivity contribution is 5.56. The number of benzene rings is 1. The predicted octanol–water partition coefficient (Wildman–Crippen LogP) is 2.61. The third-order valence-electron chi connectivity index (χ3n) is 4.25. The number of ether oxygens (including phenoxy) is 1. The fraction of sp³-hybridized carbons (Fsp3) is 0.533. The molecule has 2 aliphatic heterocycles. The van der Waals surface area contributed by atoms with Crippen molar-refractivity contribution < 1.29 is 9.53 Å². The van der Waals surface area contributed by atoms with E-state index < -0.39 is 0 Å². The molecule has 0 unspecified atom stereocenters. The highest BCUT2D eigenvalue weighted by Gasteiger charge is 2.48. The Balaban J connectivity index is 1.63. The minimum Gasteiger partial charge on any atom is -0.374 e. The number of carbonyl (C=O) groups is 1. The first kappa shape index (κ1) is 11.0. The number of aldehydes is 1. The van der Waals surface area contributed by atoms with Crippen molar-refractivity contribution in [2.45, 2.75) is 37.9 Å². The van der Waals surface area contributed by atoms with Gasteiger partial charge in [-0.15, -0.1) is 0 Å². The zero-order chi connectivity index (χ0) is 11.7. The summed E-state index contributed by atoms with van der Waals surface area (Å²) in [5.74, 6) is 0.601. The van der Waals surface area contributed by atoms with Gasteiger partial charge in [-0.2, -0.15) is 0 Å². The van der Waals surface area contributed by atoms with Crippen molar-refractivity contribution >= 4 is 6.29 Å². The van der Waals surface area contributed by atoms with Crippen LogP contribution in [0.15, 0.2) is 30.3 Å². The van der Waals surface area contributed by atoms with E-state index in [4.69, 9.17) is 4.74 Å². The second kappa shape index (κ2) is 4.61. The number of carbonyl (C=O) groups excluding carboxylic acids is 1. The molecule has 0 spiro atoms. The van der Waals surface area contributed by atoms with E-state index in [1.807, 2.05) is 6.07 Å². The molecular formula is C15H18O2. The van der Waals surface area contributed by atoms with Gasteiger partial charge in [-0.25, -0.2) is 0 Å². The molecule has 0 aliphatic carbocycles. The monoisotopic (exact) mass is 230 g/mol. The zero-order valence-corrected chi connectivity index (χ0v) is 9.92. The van der Waals surface area contributed by atoms with Crippen molar-refractivity contribution in [2.24, 2.45) is 11.8 Å². The molecule has 0 amide bonds. The Labute approximate surface area is 102 Å². The zero-order valence-electron chi connectivity index (χ0n) is 9.92. The van der Waals surface area contributed by atoms with Crippen LogP contribution in [0.3, 0.4) is 0 Å². The molecule has 1 aromatic rings. The predicted molar refractivity (Wildman–Crippen MR) is 65.7 cm³/mol. The molecule has 3 rings (SSSR count). The Morgan fingerprint density at radius 3 is 2.71 bits per heavy atom. The molecule has 0 radical (unpaired) electrons. The van der Waals surface area contributed by atoms with Gasteiger partial charge >= 0.3 is 0 Å². The van der Waals surface area contributed by atoms with E-state index in [0.717, 1.165) is 32.0 Å². The van der Waals surface area contributed by atoms with E-state index in [2.05, 4.69) is 24.3 Å². The van der Waals surface area contributed by atoms with Crippen LogP contribution in [0.25, 0.3) is 0 Å². The molecule has 1 aromatic carbocycles. The SMILES string of the molecule is O=C[C@@H]1[C@H](CCc2ccccc2)[C@@H]2CC[C@@H]1O2. The summed E-state index contributed by atoms with van der Waals surface area (Å²) in [6.45, 7) is 0. The fourth-order valence-corrected chi connectivity index (χ4v) is 3.36. The summed E-state index contributed by atoms with van der Waals surface area (Å²) in [5.41, 5.74) is 1.36. The molecule has 0 saturated carbocycles. The van der Waals surface area contributed by atoms with Gasteiger partial charge in [0.15, 0.2) is 0 Å². The normalized spacial score (nSPS) is 35.1. The first-order valence-electron chi connectivity index (χ1n) is 6.53. The largest absolute Gasteiger partial charge is 0.374 e. The lowest BCUT2D eigenvalue weighted by atomic mass is 9.77. The van der Waals surface area contributed by atoms with Crippen molar-refractivity contribution in [3.8, 4) is 0 Å². The van der Waals surface area contributed by atoms with E-state index in [1.165, 1.54) is 5.56 Å². The maximum absolute atomic E-state index is 11.1. The molecule has 2 heteroatoms. The number of fused-ring (bicyclic) bond motifs is 2. The molecule has 2 aliphatic rings. The van der Waals surface area contributed by atoms with Crippen LogP contribution in [0.1, 0.15) is 24.8 Å². The van der Waals surface area contributed by atoms with Gasteiger partial charge in [0.05, 0.1) is 12.2 Å². The molecule has 2 bridgehead atoms. The molecule has 2 heterocycles. The van der Waals surface area contributed by atoms with Crippen molar-refractivity contribution in [2.75, 3.05) is 0 Å². The highest BCUT2D eigenvalue weighted by Crippen LogP contribution is 2.44. The van der Waals surface area contributed by atoms with Crippen LogP contribution in [-0.4, -0.2) is 18.5 Å². The first-order valence-corrected chi connectivity index (χ1v) is 6.53. The van der Waals surface area contributed by atoms with Gasteiger partial charge in [0.25, 0.3) is 0 Å². The first-order chi connectivity index (χ1) is 8.38. The number of hydrogen-bond donors (Lipinski definition) is 0. The molecule has 2 fully saturated rings. The van der Waals surface area contributed by atoms with Gasteiger partial charge in [-0.1, -0.05) is 30.3 Å². The van der Waals surface area contributed by atoms with E-state index in [-0.39, 0.29) is 12.0 Å². The average Bonchev–Trinajstić information content (AvgIpc) is 2.97. The van der Waals surface area contributed by atoms with E-state index in [1.54, 1.807) is 0 Å². The van der Waals surface area contributed by atoms with E-state index in [9.17, 15) is 4.79 Å². The molecule has 2 saturated heterocycles. The summed E-state index contributed by atoms with van der Waals surface area (Å²) in [5, 5.41) is 0. The Morgan fingerprint density at radius 1 is 1.18 bits per heavy atom. The van der Waals surface area contributed by atoms with Gasteiger partial charge in [0, 0.05) is 5.92 Å². The number of rotatable bonds is 4. The minimum atomic E-state index is 0.150. The Bertz CT molecular complexity index is 387. The van der Waals surface area contributed by atoms with Crippen LogP contribution >= 0.6 is 0 Å². The molecular weight excluding hydrogens is 212 g/mol. The molecule has 0 aromatic heterocycles. The molecule has 2 nitrogen and oxygen atoms in total. The van der Waals surface area contributed by atoms with Crippen molar-refractivity contribution in [3.05, 3.63) is 35.9 Å². The molecule has 17 heavy (non-hydrogen) atoms. The van der Waals surface area contributed by atoms with Gasteiger partial charge in [-0.3, -0.25) is 0 Å². The van der Waals surface area contributed by atoms with Crippen LogP contribution in [-0.2, 0) is 16.0 Å². The maximum atomic E-state index is 11.1. The van der Waals surface area contributed by atoms with E-state index >= 15 is 0 Å². The van der Waals surface area contributed by atoms with Gasteiger partial charge < -0.3 is 9.53 Å². The second-order valence-corrected chi connectivity index (χ2v) is 5.19. The standard InChI is InChI=1S/C15H18O2/c16-10-13-12(14-8-9-15(13)17-14)7-6-11-4-2-1-3-5-11/h1-5,10,12-15H,6-9H2/t12-,13+,14-,15-/m0/s1. The fourth-order valence-electron chi connectivity index (χ4n) is 3.36. The summed E-state index contributed by atoms with van der Waals surface area (Å²) in [6.07, 6.45) is 6.05. The molecule has 90 valence electrons. The molecule has 4 atom stereocenters. The lowest BCUT2D eigenvalue weighted by Gasteiger charge is -2.23. The minimum absolute atomic E-state index is 0.150. The van der Waals surface area contributed by atoms with Gasteiger partial charge in [0.1, 0.15) is 6.29 Å². The summed E-state index contributed by atoms with van der Waals surface area (Å²) < 4.78 is 5.85.